The van der Waals surface area contributed by atoms with E-state index in [-0.39, 0.29) is 10.5 Å². The third-order valence-corrected chi connectivity index (χ3v) is 5.91. The highest BCUT2D eigenvalue weighted by Gasteiger charge is 2.21. The molecular formula is C23H20N2O4S. The number of anilines is 1. The van der Waals surface area contributed by atoms with E-state index >= 15 is 0 Å². The number of benzene rings is 3. The summed E-state index contributed by atoms with van der Waals surface area (Å²) in [4.78, 5) is 17.4. The Morgan fingerprint density at radius 3 is 2.30 bits per heavy atom. The van der Waals surface area contributed by atoms with Crippen molar-refractivity contribution >= 4 is 21.6 Å². The smallest absolute Gasteiger partial charge is 0.264 e. The van der Waals surface area contributed by atoms with E-state index in [1.165, 1.54) is 32.4 Å². The topological polar surface area (TPSA) is 75.7 Å². The number of hydrogen-bond acceptors (Lipinski definition) is 4. The fourth-order valence-corrected chi connectivity index (χ4v) is 3.61. The van der Waals surface area contributed by atoms with E-state index in [4.69, 9.17) is 4.84 Å². The average Bonchev–Trinajstić information content (AvgIpc) is 2.78. The molecule has 0 aliphatic heterocycles. The van der Waals surface area contributed by atoms with Crippen LogP contribution in [0.25, 0.3) is 0 Å². The van der Waals surface area contributed by atoms with Crippen LogP contribution in [0, 0.1) is 11.8 Å². The maximum absolute atomic E-state index is 12.6. The lowest BCUT2D eigenvalue weighted by Crippen LogP contribution is -2.26. The van der Waals surface area contributed by atoms with Crippen LogP contribution in [0.4, 0.5) is 5.69 Å². The van der Waals surface area contributed by atoms with Gasteiger partial charge in [0.15, 0.2) is 0 Å². The lowest BCUT2D eigenvalue weighted by Gasteiger charge is -2.14. The molecular weight excluding hydrogens is 400 g/mol. The Labute approximate surface area is 176 Å². The molecule has 0 fully saturated rings. The summed E-state index contributed by atoms with van der Waals surface area (Å²) in [5, 5.41) is 2.77. The van der Waals surface area contributed by atoms with Gasteiger partial charge in [0.05, 0.1) is 12.0 Å². The van der Waals surface area contributed by atoms with E-state index in [9.17, 15) is 13.2 Å². The lowest BCUT2D eigenvalue weighted by atomic mass is 10.1. The van der Waals surface area contributed by atoms with Gasteiger partial charge in [-0.15, -0.1) is 0 Å². The van der Waals surface area contributed by atoms with Crippen molar-refractivity contribution in [2.75, 3.05) is 19.5 Å². The maximum Gasteiger partial charge on any atom is 0.264 e. The molecule has 1 amide bonds. The SMILES string of the molecule is CON(C)S(=O)(=O)c1cccc(C(=O)Nc2cccc(C#Cc3ccccc3)c2)c1. The first-order chi connectivity index (χ1) is 14.4. The first kappa shape index (κ1) is 21.3. The van der Waals surface area contributed by atoms with E-state index in [1.807, 2.05) is 36.4 Å². The van der Waals surface area contributed by atoms with Gasteiger partial charge in [-0.2, -0.15) is 0 Å². The van der Waals surface area contributed by atoms with Gasteiger partial charge in [0, 0.05) is 29.4 Å². The Morgan fingerprint density at radius 2 is 1.57 bits per heavy atom. The molecule has 0 bridgehead atoms. The summed E-state index contributed by atoms with van der Waals surface area (Å²) in [5.41, 5.74) is 2.41. The zero-order valence-corrected chi connectivity index (χ0v) is 17.3. The second-order valence-electron chi connectivity index (χ2n) is 6.28. The predicted molar refractivity (Wildman–Crippen MR) is 115 cm³/mol. The maximum atomic E-state index is 12.6. The predicted octanol–water partition coefficient (Wildman–Crippen LogP) is 3.52. The quantitative estimate of drug-likeness (QED) is 0.506. The molecule has 0 heterocycles. The second-order valence-corrected chi connectivity index (χ2v) is 8.21. The molecule has 0 aliphatic rings. The van der Waals surface area contributed by atoms with E-state index < -0.39 is 15.9 Å². The normalized spacial score (nSPS) is 10.9. The van der Waals surface area contributed by atoms with Crippen LogP contribution in [0.1, 0.15) is 21.5 Å². The Morgan fingerprint density at radius 1 is 0.900 bits per heavy atom. The van der Waals surface area contributed by atoms with E-state index in [1.54, 1.807) is 24.3 Å². The van der Waals surface area contributed by atoms with Crippen molar-refractivity contribution < 1.29 is 18.0 Å². The highest BCUT2D eigenvalue weighted by Crippen LogP contribution is 2.18. The van der Waals surface area contributed by atoms with Crippen molar-refractivity contribution in [1.82, 2.24) is 4.47 Å². The van der Waals surface area contributed by atoms with Crippen LogP contribution in [0.5, 0.6) is 0 Å². The van der Waals surface area contributed by atoms with Crippen molar-refractivity contribution in [3.8, 4) is 11.8 Å². The summed E-state index contributed by atoms with van der Waals surface area (Å²) in [6.45, 7) is 0. The number of nitrogens with zero attached hydrogens (tertiary/aromatic N) is 1. The average molecular weight is 420 g/mol. The van der Waals surface area contributed by atoms with Crippen LogP contribution in [0.2, 0.25) is 0 Å². The molecule has 0 saturated carbocycles. The molecule has 0 saturated heterocycles. The van der Waals surface area contributed by atoms with Crippen LogP contribution in [0.3, 0.4) is 0 Å². The number of amides is 1. The standard InChI is InChI=1S/C23H20N2O4S/c1-25(29-2)30(27,28)22-13-7-11-20(17-22)23(26)24-21-12-6-10-19(16-21)15-14-18-8-4-3-5-9-18/h3-13,16-17H,1-2H3,(H,24,26). The number of sulfonamides is 1. The van der Waals surface area contributed by atoms with Crippen LogP contribution in [-0.4, -0.2) is 33.0 Å². The molecule has 3 aromatic rings. The molecule has 7 heteroatoms. The van der Waals surface area contributed by atoms with Gasteiger partial charge in [-0.3, -0.25) is 9.63 Å². The van der Waals surface area contributed by atoms with Crippen LogP contribution in [0.15, 0.2) is 83.8 Å². The number of nitrogens with one attached hydrogen (secondary N) is 1. The van der Waals surface area contributed by atoms with Gasteiger partial charge >= 0.3 is 0 Å². The highest BCUT2D eigenvalue weighted by molar-refractivity contribution is 7.89. The van der Waals surface area contributed by atoms with Crippen molar-refractivity contribution in [2.45, 2.75) is 4.90 Å². The number of hydroxylamine groups is 1. The Kier molecular flexibility index (Phi) is 6.65. The second kappa shape index (κ2) is 9.37. The van der Waals surface area contributed by atoms with Gasteiger partial charge < -0.3 is 5.32 Å². The molecule has 0 aliphatic carbocycles. The number of carbonyl (C=O) groups excluding carboxylic acids is 1. The van der Waals surface area contributed by atoms with Gasteiger partial charge in [-0.05, 0) is 48.5 Å². The minimum Gasteiger partial charge on any atom is -0.322 e. The third-order valence-electron chi connectivity index (χ3n) is 4.24. The zero-order valence-electron chi connectivity index (χ0n) is 16.5. The molecule has 0 aromatic heterocycles. The number of hydrogen-bond donors (Lipinski definition) is 1. The molecule has 1 N–H and O–H groups in total. The highest BCUT2D eigenvalue weighted by atomic mass is 32.2. The summed E-state index contributed by atoms with van der Waals surface area (Å²) < 4.78 is 25.5. The number of carbonyl (C=O) groups is 1. The minimum absolute atomic E-state index is 0.0398. The van der Waals surface area contributed by atoms with Gasteiger partial charge in [-0.25, -0.2) is 8.42 Å². The van der Waals surface area contributed by atoms with Gasteiger partial charge in [0.25, 0.3) is 15.9 Å². The first-order valence-electron chi connectivity index (χ1n) is 9.02. The minimum atomic E-state index is -3.85. The summed E-state index contributed by atoms with van der Waals surface area (Å²) in [7, 11) is -1.31. The molecule has 0 radical (unpaired) electrons. The monoisotopic (exact) mass is 420 g/mol. The fraction of sp³-hybridized carbons (Fsp3) is 0.0870. The molecule has 3 rings (SSSR count). The van der Waals surface area contributed by atoms with E-state index in [0.29, 0.717) is 5.69 Å². The lowest BCUT2D eigenvalue weighted by molar-refractivity contribution is -0.0258. The van der Waals surface area contributed by atoms with Gasteiger partial charge in [0.1, 0.15) is 0 Å². The Hall–Kier alpha value is -3.44. The Balaban J connectivity index is 1.79. The summed E-state index contributed by atoms with van der Waals surface area (Å²) >= 11 is 0. The van der Waals surface area contributed by atoms with Crippen LogP contribution < -0.4 is 5.32 Å². The molecule has 3 aromatic carbocycles. The molecule has 0 atom stereocenters. The largest absolute Gasteiger partial charge is 0.322 e. The third kappa shape index (κ3) is 5.13. The van der Waals surface area contributed by atoms with Crippen LogP contribution in [-0.2, 0) is 14.9 Å². The first-order valence-corrected chi connectivity index (χ1v) is 10.5. The van der Waals surface area contributed by atoms with Crippen molar-refractivity contribution in [2.24, 2.45) is 0 Å². The molecule has 152 valence electrons. The van der Waals surface area contributed by atoms with E-state index in [2.05, 4.69) is 17.2 Å². The fourth-order valence-electron chi connectivity index (χ4n) is 2.59. The van der Waals surface area contributed by atoms with Crippen molar-refractivity contribution in [3.05, 3.63) is 95.6 Å². The molecule has 0 unspecified atom stereocenters. The zero-order chi connectivity index (χ0) is 21.6. The van der Waals surface area contributed by atoms with Crippen LogP contribution >= 0.6 is 0 Å². The van der Waals surface area contributed by atoms with Gasteiger partial charge in [-0.1, -0.05) is 46.6 Å². The molecule has 30 heavy (non-hydrogen) atoms. The molecule has 0 spiro atoms. The van der Waals surface area contributed by atoms with E-state index in [0.717, 1.165) is 15.6 Å². The summed E-state index contributed by atoms with van der Waals surface area (Å²) in [6, 6.07) is 22.5. The summed E-state index contributed by atoms with van der Waals surface area (Å²) in [5.74, 6) is 5.70. The number of rotatable bonds is 5. The van der Waals surface area contributed by atoms with Crippen molar-refractivity contribution in [1.29, 1.82) is 0 Å². The molecule has 6 nitrogen and oxygen atoms in total. The Bertz CT molecular complexity index is 1210. The summed E-state index contributed by atoms with van der Waals surface area (Å²) in [6.07, 6.45) is 0. The van der Waals surface area contributed by atoms with Gasteiger partial charge in [0.2, 0.25) is 0 Å². The van der Waals surface area contributed by atoms with Crippen molar-refractivity contribution in [3.63, 3.8) is 0 Å².